The lowest BCUT2D eigenvalue weighted by Gasteiger charge is -2.38. The van der Waals surface area contributed by atoms with E-state index in [0.717, 1.165) is 38.8 Å². The molecule has 6 heteroatoms. The quantitative estimate of drug-likeness (QED) is 0.679. The van der Waals surface area contributed by atoms with Gasteiger partial charge in [-0.1, -0.05) is 12.8 Å². The summed E-state index contributed by atoms with van der Waals surface area (Å²) in [7, 11) is 0. The number of hydrogen-bond donors (Lipinski definition) is 1. The molecule has 1 saturated heterocycles. The molecule has 3 aliphatic rings. The Labute approximate surface area is 112 Å². The number of nitrogens with zero attached hydrogens (tertiary/aromatic N) is 3. The summed E-state index contributed by atoms with van der Waals surface area (Å²) in [6.07, 6.45) is 3.77. The highest BCUT2D eigenvalue weighted by Crippen LogP contribution is 2.41. The van der Waals surface area contributed by atoms with Crippen molar-refractivity contribution in [3.8, 4) is 6.07 Å². The molecule has 2 fully saturated rings. The maximum atomic E-state index is 12.2. The predicted octanol–water partition coefficient (Wildman–Crippen LogP) is 0.257. The Balaban J connectivity index is 1.91. The molecule has 2 heterocycles. The molecule has 0 bridgehead atoms. The van der Waals surface area contributed by atoms with Crippen molar-refractivity contribution in [3.63, 3.8) is 0 Å². The Kier molecular flexibility index (Phi) is 3.15. The smallest absolute Gasteiger partial charge is 0.246 e. The fourth-order valence-electron chi connectivity index (χ4n) is 3.22. The van der Waals surface area contributed by atoms with Crippen LogP contribution in [0.5, 0.6) is 0 Å². The number of guanidine groups is 1. The molecular weight excluding hydrogens is 244 g/mol. The largest absolute Gasteiger partial charge is 0.378 e. The summed E-state index contributed by atoms with van der Waals surface area (Å²) in [6.45, 7) is 2.80. The molecule has 1 spiro atoms. The maximum Gasteiger partial charge on any atom is 0.246 e. The molecule has 102 valence electrons. The third-order valence-corrected chi connectivity index (χ3v) is 4.27. The number of hydrogen-bond acceptors (Lipinski definition) is 5. The molecule has 3 rings (SSSR count). The van der Waals surface area contributed by atoms with Crippen LogP contribution in [0.25, 0.3) is 0 Å². The fourth-order valence-corrected chi connectivity index (χ4v) is 3.22. The van der Waals surface area contributed by atoms with E-state index >= 15 is 0 Å². The molecular formula is C13H18N4O2. The van der Waals surface area contributed by atoms with Crippen molar-refractivity contribution >= 4 is 11.9 Å². The summed E-state index contributed by atoms with van der Waals surface area (Å²) in [5, 5.41) is 12.1. The number of nitriles is 1. The summed E-state index contributed by atoms with van der Waals surface area (Å²) >= 11 is 0. The number of amides is 1. The number of morpholine rings is 1. The van der Waals surface area contributed by atoms with Gasteiger partial charge in [0.2, 0.25) is 11.9 Å². The molecule has 1 atom stereocenters. The lowest BCUT2D eigenvalue weighted by Crippen LogP contribution is -2.58. The van der Waals surface area contributed by atoms with E-state index in [1.165, 1.54) is 0 Å². The first kappa shape index (κ1) is 12.4. The van der Waals surface area contributed by atoms with E-state index in [4.69, 9.17) is 9.73 Å². The molecule has 0 aromatic rings. The van der Waals surface area contributed by atoms with E-state index in [-0.39, 0.29) is 5.91 Å². The normalized spacial score (nSPS) is 29.8. The number of aliphatic imine (C=N–C) groups is 1. The monoisotopic (exact) mass is 262 g/mol. The minimum atomic E-state index is -0.639. The summed E-state index contributed by atoms with van der Waals surface area (Å²) in [6, 6.07) is 2.15. The first-order chi connectivity index (χ1) is 9.25. The number of ether oxygens (including phenoxy) is 1. The Morgan fingerprint density at radius 2 is 2.05 bits per heavy atom. The topological polar surface area (TPSA) is 77.7 Å². The zero-order valence-corrected chi connectivity index (χ0v) is 10.9. The van der Waals surface area contributed by atoms with Gasteiger partial charge in [0.1, 0.15) is 0 Å². The summed E-state index contributed by atoms with van der Waals surface area (Å²) < 4.78 is 5.31. The van der Waals surface area contributed by atoms with Gasteiger partial charge in [-0.15, -0.1) is 0 Å². The average Bonchev–Trinajstić information content (AvgIpc) is 2.88. The Morgan fingerprint density at radius 1 is 1.37 bits per heavy atom. The van der Waals surface area contributed by atoms with Crippen LogP contribution >= 0.6 is 0 Å². The predicted molar refractivity (Wildman–Crippen MR) is 68.3 cm³/mol. The Bertz CT molecular complexity index is 442. The van der Waals surface area contributed by atoms with Crippen molar-refractivity contribution in [2.45, 2.75) is 31.2 Å². The van der Waals surface area contributed by atoms with Crippen molar-refractivity contribution in [3.05, 3.63) is 0 Å². The van der Waals surface area contributed by atoms with E-state index in [0.29, 0.717) is 19.2 Å². The van der Waals surface area contributed by atoms with E-state index < -0.39 is 11.5 Å². The number of rotatable bonds is 0. The third kappa shape index (κ3) is 2.08. The van der Waals surface area contributed by atoms with Gasteiger partial charge < -0.3 is 9.64 Å². The van der Waals surface area contributed by atoms with Gasteiger partial charge in [-0.2, -0.15) is 5.26 Å². The maximum absolute atomic E-state index is 12.2. The summed E-state index contributed by atoms with van der Waals surface area (Å²) in [5.74, 6) is -0.192. The van der Waals surface area contributed by atoms with Gasteiger partial charge >= 0.3 is 0 Å². The molecule has 0 unspecified atom stereocenters. The Morgan fingerprint density at radius 3 is 2.68 bits per heavy atom. The molecule has 1 aliphatic carbocycles. The van der Waals surface area contributed by atoms with Crippen LogP contribution < -0.4 is 5.32 Å². The zero-order chi connectivity index (χ0) is 13.3. The van der Waals surface area contributed by atoms with Crippen LogP contribution in [-0.2, 0) is 9.53 Å². The molecule has 0 aromatic carbocycles. The zero-order valence-electron chi connectivity index (χ0n) is 10.9. The molecule has 6 nitrogen and oxygen atoms in total. The SMILES string of the molecule is N#C[C@@H]1C(=O)NC(N2CCOCC2)=NC12CCCC2. The second-order valence-corrected chi connectivity index (χ2v) is 5.40. The van der Waals surface area contributed by atoms with Gasteiger partial charge in [0.05, 0.1) is 24.8 Å². The highest BCUT2D eigenvalue weighted by atomic mass is 16.5. The molecule has 2 aliphatic heterocycles. The first-order valence-corrected chi connectivity index (χ1v) is 6.88. The van der Waals surface area contributed by atoms with Crippen LogP contribution in [0.15, 0.2) is 4.99 Å². The van der Waals surface area contributed by atoms with Crippen LogP contribution in [0.3, 0.4) is 0 Å². The molecule has 0 radical (unpaired) electrons. The molecule has 0 aromatic heterocycles. The van der Waals surface area contributed by atoms with Crippen LogP contribution in [0, 0.1) is 17.2 Å². The average molecular weight is 262 g/mol. The van der Waals surface area contributed by atoms with Crippen LogP contribution in [0.2, 0.25) is 0 Å². The molecule has 1 N–H and O–H groups in total. The second-order valence-electron chi connectivity index (χ2n) is 5.40. The van der Waals surface area contributed by atoms with Crippen molar-refractivity contribution in [1.82, 2.24) is 10.2 Å². The van der Waals surface area contributed by atoms with Crippen molar-refractivity contribution in [2.75, 3.05) is 26.3 Å². The van der Waals surface area contributed by atoms with Gasteiger partial charge in [-0.05, 0) is 12.8 Å². The van der Waals surface area contributed by atoms with Crippen molar-refractivity contribution in [1.29, 1.82) is 5.26 Å². The van der Waals surface area contributed by atoms with Gasteiger partial charge in [0, 0.05) is 13.1 Å². The van der Waals surface area contributed by atoms with Gasteiger partial charge in [0.15, 0.2) is 5.92 Å². The van der Waals surface area contributed by atoms with Crippen LogP contribution in [0.4, 0.5) is 0 Å². The lowest BCUT2D eigenvalue weighted by atomic mass is 9.82. The van der Waals surface area contributed by atoms with E-state index in [2.05, 4.69) is 16.3 Å². The molecule has 1 saturated carbocycles. The standard InChI is InChI=1S/C13H18N4O2/c14-9-10-11(18)15-12(17-5-7-19-8-6-17)16-13(10)3-1-2-4-13/h10H,1-8H2,(H,15,16,18)/t10-/m1/s1. The van der Waals surface area contributed by atoms with E-state index in [1.54, 1.807) is 0 Å². The number of carbonyl (C=O) groups is 1. The van der Waals surface area contributed by atoms with Gasteiger partial charge in [-0.25, -0.2) is 4.99 Å². The number of carbonyl (C=O) groups excluding carboxylic acids is 1. The minimum absolute atomic E-state index is 0.194. The van der Waals surface area contributed by atoms with Crippen LogP contribution in [-0.4, -0.2) is 48.6 Å². The summed E-state index contributed by atoms with van der Waals surface area (Å²) in [5.41, 5.74) is -0.481. The third-order valence-electron chi connectivity index (χ3n) is 4.27. The first-order valence-electron chi connectivity index (χ1n) is 6.88. The second kappa shape index (κ2) is 4.82. The number of nitrogens with one attached hydrogen (secondary N) is 1. The van der Waals surface area contributed by atoms with Crippen molar-refractivity contribution < 1.29 is 9.53 Å². The van der Waals surface area contributed by atoms with Gasteiger partial charge in [-0.3, -0.25) is 10.1 Å². The molecule has 1 amide bonds. The van der Waals surface area contributed by atoms with Gasteiger partial charge in [0.25, 0.3) is 0 Å². The lowest BCUT2D eigenvalue weighted by molar-refractivity contribution is -0.124. The summed E-state index contributed by atoms with van der Waals surface area (Å²) in [4.78, 5) is 19.0. The van der Waals surface area contributed by atoms with E-state index in [1.807, 2.05) is 0 Å². The minimum Gasteiger partial charge on any atom is -0.378 e. The molecule has 19 heavy (non-hydrogen) atoms. The fraction of sp³-hybridized carbons (Fsp3) is 0.769. The van der Waals surface area contributed by atoms with Crippen molar-refractivity contribution in [2.24, 2.45) is 10.9 Å². The van der Waals surface area contributed by atoms with Crippen LogP contribution in [0.1, 0.15) is 25.7 Å². The highest BCUT2D eigenvalue weighted by Gasteiger charge is 2.49. The Hall–Kier alpha value is -1.61. The highest BCUT2D eigenvalue weighted by molar-refractivity contribution is 6.02. The van der Waals surface area contributed by atoms with E-state index in [9.17, 15) is 10.1 Å².